The molecule has 1 aliphatic rings. The quantitative estimate of drug-likeness (QED) is 0.698. The highest BCUT2D eigenvalue weighted by Gasteiger charge is 2.26. The van der Waals surface area contributed by atoms with Crippen molar-refractivity contribution < 1.29 is 17.9 Å². The van der Waals surface area contributed by atoms with Crippen molar-refractivity contribution in [2.45, 2.75) is 64.3 Å². The van der Waals surface area contributed by atoms with Gasteiger partial charge in [0.05, 0.1) is 12.9 Å². The van der Waals surface area contributed by atoms with Gasteiger partial charge in [-0.2, -0.15) is 0 Å². The van der Waals surface area contributed by atoms with E-state index in [1.165, 1.54) is 26.4 Å². The van der Waals surface area contributed by atoms with Crippen molar-refractivity contribution in [3.8, 4) is 0 Å². The highest BCUT2D eigenvalue weighted by molar-refractivity contribution is 7.89. The molecule has 1 N–H and O–H groups in total. The highest BCUT2D eigenvalue weighted by Crippen LogP contribution is 2.28. The molecule has 0 heterocycles. The number of sulfonamides is 1. The van der Waals surface area contributed by atoms with Crippen molar-refractivity contribution in [3.05, 3.63) is 0 Å². The molecule has 0 aromatic heterocycles. The van der Waals surface area contributed by atoms with E-state index < -0.39 is 10.0 Å². The van der Waals surface area contributed by atoms with Crippen LogP contribution in [0.2, 0.25) is 0 Å². The number of hydrogen-bond acceptors (Lipinski definition) is 4. The van der Waals surface area contributed by atoms with Gasteiger partial charge < -0.3 is 4.74 Å². The topological polar surface area (TPSA) is 72.5 Å². The minimum atomic E-state index is -3.30. The summed E-state index contributed by atoms with van der Waals surface area (Å²) in [4.78, 5) is 11.0. The van der Waals surface area contributed by atoms with Crippen molar-refractivity contribution in [2.24, 2.45) is 5.92 Å². The first-order chi connectivity index (χ1) is 9.48. The second-order valence-corrected chi connectivity index (χ2v) is 7.40. The molecule has 1 aliphatic carbocycles. The minimum absolute atomic E-state index is 0.00861. The van der Waals surface area contributed by atoms with E-state index in [4.69, 9.17) is 0 Å². The van der Waals surface area contributed by atoms with Crippen LogP contribution in [-0.4, -0.2) is 33.3 Å². The van der Waals surface area contributed by atoms with Crippen molar-refractivity contribution in [3.63, 3.8) is 0 Å². The summed E-state index contributed by atoms with van der Waals surface area (Å²) < 4.78 is 31.4. The normalized spacial score (nSPS) is 18.7. The molecule has 20 heavy (non-hydrogen) atoms. The van der Waals surface area contributed by atoms with E-state index in [0.29, 0.717) is 12.3 Å². The number of carbonyl (C=O) groups is 1. The van der Waals surface area contributed by atoms with E-state index in [2.05, 4.69) is 9.46 Å². The molecule has 0 bridgehead atoms. The fourth-order valence-corrected chi connectivity index (χ4v) is 4.31. The van der Waals surface area contributed by atoms with E-state index in [9.17, 15) is 13.2 Å². The van der Waals surface area contributed by atoms with Gasteiger partial charge in [0, 0.05) is 12.5 Å². The van der Waals surface area contributed by atoms with Crippen LogP contribution in [0.5, 0.6) is 0 Å². The predicted octanol–water partition coefficient (Wildman–Crippen LogP) is 2.22. The second-order valence-electron chi connectivity index (χ2n) is 5.53. The maximum Gasteiger partial charge on any atom is 0.305 e. The van der Waals surface area contributed by atoms with E-state index >= 15 is 0 Å². The second kappa shape index (κ2) is 8.62. The number of methoxy groups -OCH3 is 1. The third kappa shape index (κ3) is 6.22. The zero-order valence-electron chi connectivity index (χ0n) is 12.6. The van der Waals surface area contributed by atoms with Crippen LogP contribution in [0, 0.1) is 5.92 Å². The molecule has 0 radical (unpaired) electrons. The number of nitrogens with one attached hydrogen (secondary N) is 1. The van der Waals surface area contributed by atoms with Crippen LogP contribution in [0.1, 0.15) is 58.3 Å². The Morgan fingerprint density at radius 1 is 1.30 bits per heavy atom. The van der Waals surface area contributed by atoms with Crippen LogP contribution in [-0.2, 0) is 19.6 Å². The molecule has 6 heteroatoms. The van der Waals surface area contributed by atoms with Crippen LogP contribution in [0.15, 0.2) is 0 Å². The van der Waals surface area contributed by atoms with Crippen LogP contribution in [0.4, 0.5) is 0 Å². The molecular formula is C14H27NO4S. The summed E-state index contributed by atoms with van der Waals surface area (Å²) in [7, 11) is -1.99. The van der Waals surface area contributed by atoms with Gasteiger partial charge in [0.2, 0.25) is 10.0 Å². The van der Waals surface area contributed by atoms with Gasteiger partial charge in [-0.05, 0) is 31.6 Å². The smallest absolute Gasteiger partial charge is 0.305 e. The number of carbonyl (C=O) groups excluding carboxylic acids is 1. The maximum absolute atomic E-state index is 12.0. The minimum Gasteiger partial charge on any atom is -0.469 e. The van der Waals surface area contributed by atoms with E-state index in [-0.39, 0.29) is 24.2 Å². The third-order valence-corrected chi connectivity index (χ3v) is 5.50. The maximum atomic E-state index is 12.0. The first-order valence-corrected chi connectivity index (χ1v) is 9.20. The average Bonchev–Trinajstić information content (AvgIpc) is 2.45. The molecule has 0 aromatic carbocycles. The van der Waals surface area contributed by atoms with Crippen LogP contribution in [0.3, 0.4) is 0 Å². The number of hydrogen-bond donors (Lipinski definition) is 1. The number of esters is 1. The monoisotopic (exact) mass is 305 g/mol. The lowest BCUT2D eigenvalue weighted by molar-refractivity contribution is -0.140. The molecule has 1 unspecified atom stereocenters. The number of ether oxygens (including phenoxy) is 1. The van der Waals surface area contributed by atoms with Gasteiger partial charge in [-0.15, -0.1) is 0 Å². The molecule has 1 rings (SSSR count). The van der Waals surface area contributed by atoms with E-state index in [1.807, 2.05) is 6.92 Å². The van der Waals surface area contributed by atoms with Crippen molar-refractivity contribution in [1.82, 2.24) is 4.72 Å². The summed E-state index contributed by atoms with van der Waals surface area (Å²) in [5.74, 6) is 0.0920. The van der Waals surface area contributed by atoms with E-state index in [1.54, 1.807) is 0 Å². The Balaban J connectivity index is 2.43. The Labute approximate surface area is 122 Å². The molecule has 0 aliphatic heterocycles. The molecule has 1 atom stereocenters. The van der Waals surface area contributed by atoms with E-state index in [0.717, 1.165) is 19.3 Å². The van der Waals surface area contributed by atoms with Crippen LogP contribution >= 0.6 is 0 Å². The Morgan fingerprint density at radius 3 is 2.50 bits per heavy atom. The van der Waals surface area contributed by atoms with Gasteiger partial charge in [0.1, 0.15) is 0 Å². The molecule has 118 valence electrons. The fourth-order valence-electron chi connectivity index (χ4n) is 2.85. The molecule has 5 nitrogen and oxygen atoms in total. The molecule has 0 aromatic rings. The van der Waals surface area contributed by atoms with Gasteiger partial charge >= 0.3 is 5.97 Å². The van der Waals surface area contributed by atoms with Crippen LogP contribution < -0.4 is 4.72 Å². The molecule has 0 saturated heterocycles. The van der Waals surface area contributed by atoms with Gasteiger partial charge in [-0.3, -0.25) is 4.79 Å². The van der Waals surface area contributed by atoms with Gasteiger partial charge in [-0.25, -0.2) is 13.1 Å². The lowest BCUT2D eigenvalue weighted by atomic mass is 9.83. The first-order valence-electron chi connectivity index (χ1n) is 7.55. The summed E-state index contributed by atoms with van der Waals surface area (Å²) >= 11 is 0. The van der Waals surface area contributed by atoms with Gasteiger partial charge in [0.25, 0.3) is 0 Å². The lowest BCUT2D eigenvalue weighted by Gasteiger charge is -2.30. The standard InChI is InChI=1S/C14H27NO4S/c1-3-13(12-8-5-4-6-9-12)15-20(17,18)11-7-10-14(16)19-2/h12-13,15H,3-11H2,1-2H3. The number of rotatable bonds is 8. The summed E-state index contributed by atoms with van der Waals surface area (Å²) in [6.07, 6.45) is 7.17. The van der Waals surface area contributed by atoms with Crippen LogP contribution in [0.25, 0.3) is 0 Å². The first kappa shape index (κ1) is 17.4. The Kier molecular flexibility index (Phi) is 7.51. The van der Waals surface area contributed by atoms with Crippen molar-refractivity contribution >= 4 is 16.0 Å². The highest BCUT2D eigenvalue weighted by atomic mass is 32.2. The molecule has 1 fully saturated rings. The average molecular weight is 305 g/mol. The zero-order chi connectivity index (χ0) is 15.0. The summed E-state index contributed by atoms with van der Waals surface area (Å²) in [5.41, 5.74) is 0. The summed E-state index contributed by atoms with van der Waals surface area (Å²) in [6, 6.07) is 0.0402. The summed E-state index contributed by atoms with van der Waals surface area (Å²) in [6.45, 7) is 2.02. The lowest BCUT2D eigenvalue weighted by Crippen LogP contribution is -2.41. The van der Waals surface area contributed by atoms with Gasteiger partial charge in [-0.1, -0.05) is 26.2 Å². The summed E-state index contributed by atoms with van der Waals surface area (Å²) in [5, 5.41) is 0. The SMILES string of the molecule is CCC(NS(=O)(=O)CCCC(=O)OC)C1CCCCC1. The molecule has 0 amide bonds. The predicted molar refractivity (Wildman–Crippen MR) is 78.8 cm³/mol. The molecular weight excluding hydrogens is 278 g/mol. The van der Waals surface area contributed by atoms with Crippen molar-refractivity contribution in [1.29, 1.82) is 0 Å². The Bertz CT molecular complexity index is 388. The molecule has 0 spiro atoms. The molecule has 1 saturated carbocycles. The Hall–Kier alpha value is -0.620. The van der Waals surface area contributed by atoms with Crippen molar-refractivity contribution in [2.75, 3.05) is 12.9 Å². The third-order valence-electron chi connectivity index (χ3n) is 4.01. The largest absolute Gasteiger partial charge is 0.469 e. The zero-order valence-corrected chi connectivity index (χ0v) is 13.4. The van der Waals surface area contributed by atoms with Gasteiger partial charge in [0.15, 0.2) is 0 Å². The Morgan fingerprint density at radius 2 is 1.95 bits per heavy atom. The fraction of sp³-hybridized carbons (Fsp3) is 0.929.